The molecule has 1 atom stereocenters. The van der Waals surface area contributed by atoms with E-state index in [1.807, 2.05) is 16.7 Å². The van der Waals surface area contributed by atoms with Gasteiger partial charge in [-0.1, -0.05) is 77.0 Å². The predicted molar refractivity (Wildman–Crippen MR) is 182 cm³/mol. The largest absolute Gasteiger partial charge is 0.284 e. The average molecular weight is 655 g/mol. The smallest absolute Gasteiger partial charge is 0.244 e. The van der Waals surface area contributed by atoms with Gasteiger partial charge in [-0.3, -0.25) is 48.6 Å². The highest BCUT2D eigenvalue weighted by Gasteiger charge is 2.40. The number of carbonyl (C=O) groups excluding carboxylic acids is 4. The van der Waals surface area contributed by atoms with Gasteiger partial charge in [0.1, 0.15) is 0 Å². The maximum atomic E-state index is 13.5. The van der Waals surface area contributed by atoms with Crippen LogP contribution in [-0.4, -0.2) is 129 Å². The molecule has 0 aromatic heterocycles. The molecule has 6 rings (SSSR count). The Bertz CT molecular complexity index is 1010. The minimum Gasteiger partial charge on any atom is -0.284 e. The molecule has 0 radical (unpaired) electrons. The molecule has 4 saturated carbocycles. The van der Waals surface area contributed by atoms with Gasteiger partial charge in [-0.15, -0.1) is 0 Å². The van der Waals surface area contributed by atoms with Crippen LogP contribution < -0.4 is 0 Å². The van der Waals surface area contributed by atoms with Crippen molar-refractivity contribution in [2.75, 3.05) is 46.1 Å². The highest BCUT2D eigenvalue weighted by atomic mass is 16.2. The van der Waals surface area contributed by atoms with E-state index in [-0.39, 0.29) is 55.8 Å². The lowest BCUT2D eigenvalue weighted by Crippen LogP contribution is -2.63. The van der Waals surface area contributed by atoms with Crippen molar-refractivity contribution in [3.63, 3.8) is 0 Å². The fourth-order valence-corrected chi connectivity index (χ4v) is 9.74. The molecule has 0 aromatic carbocycles. The van der Waals surface area contributed by atoms with Crippen LogP contribution in [0.1, 0.15) is 135 Å². The molecule has 4 aliphatic carbocycles. The summed E-state index contributed by atoms with van der Waals surface area (Å²) in [5.41, 5.74) is 0. The maximum Gasteiger partial charge on any atom is 0.244 e. The molecule has 47 heavy (non-hydrogen) atoms. The molecule has 6 fully saturated rings. The van der Waals surface area contributed by atoms with Gasteiger partial charge in [-0.25, -0.2) is 0 Å². The molecule has 10 nitrogen and oxygen atoms in total. The van der Waals surface area contributed by atoms with E-state index in [0.29, 0.717) is 44.0 Å². The zero-order valence-electron chi connectivity index (χ0n) is 29.3. The van der Waals surface area contributed by atoms with Crippen LogP contribution in [0.15, 0.2) is 0 Å². The fraction of sp³-hybridized carbons (Fsp3) is 0.892. The number of amides is 4. The van der Waals surface area contributed by atoms with Crippen LogP contribution in [0.25, 0.3) is 0 Å². The van der Waals surface area contributed by atoms with Gasteiger partial charge in [0.25, 0.3) is 0 Å². The van der Waals surface area contributed by atoms with Crippen LogP contribution in [0.4, 0.5) is 0 Å². The fourth-order valence-electron chi connectivity index (χ4n) is 9.74. The first-order valence-electron chi connectivity index (χ1n) is 19.5. The summed E-state index contributed by atoms with van der Waals surface area (Å²) in [7, 11) is 0. The standard InChI is InChI=1S/C37H62N6O4/c1-29(39-25-36(46)43(37(47)26-39)28-41(32-18-10-4-11-19-32)33-20-12-5-13-21-33)22-38-23-34(44)42(35(45)24-38)27-40(30-14-6-2-7-15-30)31-16-8-3-9-17-31/h29-33H,2-28H2,1H3. The number of rotatable bonds is 11. The number of imide groups is 2. The minimum absolute atomic E-state index is 0.118. The van der Waals surface area contributed by atoms with Crippen LogP contribution in [-0.2, 0) is 19.2 Å². The van der Waals surface area contributed by atoms with E-state index in [0.717, 1.165) is 0 Å². The van der Waals surface area contributed by atoms with Crippen molar-refractivity contribution in [3.05, 3.63) is 0 Å². The third kappa shape index (κ3) is 8.84. The number of hydrogen-bond donors (Lipinski definition) is 0. The molecular formula is C37H62N6O4. The van der Waals surface area contributed by atoms with E-state index in [1.54, 1.807) is 0 Å². The van der Waals surface area contributed by atoms with Gasteiger partial charge < -0.3 is 0 Å². The van der Waals surface area contributed by atoms with Crippen molar-refractivity contribution < 1.29 is 19.2 Å². The molecule has 2 aliphatic heterocycles. The Balaban J connectivity index is 1.02. The second kappa shape index (κ2) is 16.7. The molecule has 2 heterocycles. The first kappa shape index (κ1) is 35.0. The number of piperazine rings is 2. The summed E-state index contributed by atoms with van der Waals surface area (Å²) in [5.74, 6) is -0.473. The molecule has 0 N–H and O–H groups in total. The lowest BCUT2D eigenvalue weighted by atomic mass is 9.89. The molecule has 0 aromatic rings. The Morgan fingerprint density at radius 3 is 1.11 bits per heavy atom. The van der Waals surface area contributed by atoms with Crippen LogP contribution in [0.2, 0.25) is 0 Å². The normalized spacial score (nSPS) is 27.0. The third-order valence-electron chi connectivity index (χ3n) is 12.5. The summed E-state index contributed by atoms with van der Waals surface area (Å²) >= 11 is 0. The summed E-state index contributed by atoms with van der Waals surface area (Å²) in [5, 5.41) is 0. The number of hydrogen-bond acceptors (Lipinski definition) is 8. The van der Waals surface area contributed by atoms with Crippen molar-refractivity contribution in [2.24, 2.45) is 0 Å². The Hall–Kier alpha value is -1.88. The van der Waals surface area contributed by atoms with Crippen molar-refractivity contribution >= 4 is 23.6 Å². The van der Waals surface area contributed by atoms with Crippen molar-refractivity contribution in [1.82, 2.24) is 29.4 Å². The zero-order chi connectivity index (χ0) is 32.8. The summed E-state index contributed by atoms with van der Waals surface area (Å²) in [6.45, 7) is 4.18. The molecule has 0 spiro atoms. The van der Waals surface area contributed by atoms with Crippen molar-refractivity contribution in [3.8, 4) is 0 Å². The van der Waals surface area contributed by atoms with Crippen molar-refractivity contribution in [1.29, 1.82) is 0 Å². The van der Waals surface area contributed by atoms with E-state index < -0.39 is 0 Å². The highest BCUT2D eigenvalue weighted by Crippen LogP contribution is 2.32. The van der Waals surface area contributed by atoms with E-state index in [4.69, 9.17) is 0 Å². The summed E-state index contributed by atoms with van der Waals surface area (Å²) in [6.07, 6.45) is 24.4. The predicted octanol–water partition coefficient (Wildman–Crippen LogP) is 4.57. The molecule has 1 unspecified atom stereocenters. The zero-order valence-corrected chi connectivity index (χ0v) is 29.3. The van der Waals surface area contributed by atoms with Crippen LogP contribution in [0, 0.1) is 0 Å². The molecule has 4 amide bonds. The Kier molecular flexibility index (Phi) is 12.4. The van der Waals surface area contributed by atoms with Gasteiger partial charge >= 0.3 is 0 Å². The molecule has 0 bridgehead atoms. The Labute approximate surface area is 283 Å². The maximum absolute atomic E-state index is 13.5. The average Bonchev–Trinajstić information content (AvgIpc) is 3.09. The molecule has 264 valence electrons. The van der Waals surface area contributed by atoms with Crippen LogP contribution >= 0.6 is 0 Å². The second-order valence-electron chi connectivity index (χ2n) is 15.8. The quantitative estimate of drug-likeness (QED) is 0.300. The second-order valence-corrected chi connectivity index (χ2v) is 15.8. The lowest BCUT2D eigenvalue weighted by molar-refractivity contribution is -0.160. The van der Waals surface area contributed by atoms with Crippen LogP contribution in [0.3, 0.4) is 0 Å². The van der Waals surface area contributed by atoms with Gasteiger partial charge in [0, 0.05) is 36.8 Å². The number of carbonyl (C=O) groups is 4. The van der Waals surface area contributed by atoms with Gasteiger partial charge in [-0.2, -0.15) is 0 Å². The summed E-state index contributed by atoms with van der Waals surface area (Å²) in [6, 6.07) is 1.75. The SMILES string of the molecule is CC(CN1CC(=O)N(CN(C2CCCCC2)C2CCCCC2)C(=O)C1)N1CC(=O)N(CN(C2CCCCC2)C2CCCCC2)C(=O)C1. The molecule has 10 heteroatoms. The summed E-state index contributed by atoms with van der Waals surface area (Å²) in [4.78, 5) is 66.0. The lowest BCUT2D eigenvalue weighted by Gasteiger charge is -2.46. The molecule has 6 aliphatic rings. The first-order chi connectivity index (χ1) is 22.9. The van der Waals surface area contributed by atoms with E-state index in [2.05, 4.69) is 9.80 Å². The van der Waals surface area contributed by atoms with Gasteiger partial charge in [0.05, 0.1) is 39.5 Å². The van der Waals surface area contributed by atoms with Gasteiger partial charge in [0.2, 0.25) is 23.6 Å². The topological polar surface area (TPSA) is 87.7 Å². The van der Waals surface area contributed by atoms with Crippen LogP contribution in [0.5, 0.6) is 0 Å². The molecule has 2 saturated heterocycles. The first-order valence-corrected chi connectivity index (χ1v) is 19.5. The van der Waals surface area contributed by atoms with E-state index in [1.165, 1.54) is 138 Å². The highest BCUT2D eigenvalue weighted by molar-refractivity contribution is 6.00. The Morgan fingerprint density at radius 2 is 0.787 bits per heavy atom. The van der Waals surface area contributed by atoms with E-state index in [9.17, 15) is 19.2 Å². The molecular weight excluding hydrogens is 592 g/mol. The summed E-state index contributed by atoms with van der Waals surface area (Å²) < 4.78 is 0. The monoisotopic (exact) mass is 654 g/mol. The minimum atomic E-state index is -0.119. The van der Waals surface area contributed by atoms with Gasteiger partial charge in [-0.05, 0) is 58.3 Å². The van der Waals surface area contributed by atoms with Crippen molar-refractivity contribution in [2.45, 2.75) is 166 Å². The van der Waals surface area contributed by atoms with E-state index >= 15 is 0 Å². The Morgan fingerprint density at radius 1 is 0.489 bits per heavy atom. The number of nitrogens with zero attached hydrogens (tertiary/aromatic N) is 6. The van der Waals surface area contributed by atoms with Gasteiger partial charge in [0.15, 0.2) is 0 Å². The third-order valence-corrected chi connectivity index (χ3v) is 12.5.